The number of nitriles is 1. The second-order valence-electron chi connectivity index (χ2n) is 4.69. The summed E-state index contributed by atoms with van der Waals surface area (Å²) >= 11 is 0. The molecular formula is C14H19N3. The Labute approximate surface area is 103 Å². The summed E-state index contributed by atoms with van der Waals surface area (Å²) in [5.74, 6) is 0.661. The number of nitrogen functional groups attached to an aromatic ring is 1. The Morgan fingerprint density at radius 3 is 2.47 bits per heavy atom. The number of likely N-dealkylation sites (tertiary alicyclic amines) is 1. The number of nitrogens with zero attached hydrogens (tertiary/aromatic N) is 2. The Hall–Kier alpha value is -1.53. The highest BCUT2D eigenvalue weighted by Gasteiger charge is 2.19. The van der Waals surface area contributed by atoms with Gasteiger partial charge in [0.15, 0.2) is 0 Å². The number of hydrogen-bond acceptors (Lipinski definition) is 3. The molecule has 0 aromatic heterocycles. The average Bonchev–Trinajstić information content (AvgIpc) is 2.38. The van der Waals surface area contributed by atoms with Crippen molar-refractivity contribution in [2.75, 3.05) is 25.4 Å². The second-order valence-corrected chi connectivity index (χ2v) is 4.69. The lowest BCUT2D eigenvalue weighted by atomic mass is 9.89. The van der Waals surface area contributed by atoms with Gasteiger partial charge in [-0.2, -0.15) is 5.26 Å². The molecule has 3 nitrogen and oxygen atoms in total. The van der Waals surface area contributed by atoms with Crippen LogP contribution in [-0.4, -0.2) is 24.5 Å². The maximum Gasteiger partial charge on any atom is 0.0635 e. The van der Waals surface area contributed by atoms with Crippen LogP contribution in [0, 0.1) is 11.3 Å². The molecule has 90 valence electrons. The van der Waals surface area contributed by atoms with Crippen molar-refractivity contribution in [3.05, 3.63) is 29.8 Å². The third kappa shape index (κ3) is 3.21. The minimum atomic E-state index is 0.645. The first-order valence-electron chi connectivity index (χ1n) is 6.24. The Balaban J connectivity index is 1.87. The summed E-state index contributed by atoms with van der Waals surface area (Å²) in [5.41, 5.74) is 7.93. The van der Waals surface area contributed by atoms with Gasteiger partial charge in [0.05, 0.1) is 6.07 Å². The van der Waals surface area contributed by atoms with Crippen molar-refractivity contribution in [3.8, 4) is 6.07 Å². The Morgan fingerprint density at radius 1 is 1.24 bits per heavy atom. The van der Waals surface area contributed by atoms with Crippen molar-refractivity contribution in [1.29, 1.82) is 5.26 Å². The molecule has 0 aliphatic carbocycles. The van der Waals surface area contributed by atoms with Crippen LogP contribution in [0.5, 0.6) is 0 Å². The van der Waals surface area contributed by atoms with Crippen LogP contribution in [0.4, 0.5) is 5.69 Å². The Kier molecular flexibility index (Phi) is 4.00. The highest BCUT2D eigenvalue weighted by atomic mass is 15.1. The number of rotatable bonds is 3. The number of anilines is 1. The smallest absolute Gasteiger partial charge is 0.0635 e. The molecule has 1 heterocycles. The Bertz CT molecular complexity index is 383. The number of piperidine rings is 1. The fourth-order valence-electron chi connectivity index (χ4n) is 2.47. The SMILES string of the molecule is N#CCCN1CCC(c2ccc(N)cc2)CC1. The minimum Gasteiger partial charge on any atom is -0.399 e. The molecule has 1 aliphatic rings. The maximum absolute atomic E-state index is 8.56. The molecular weight excluding hydrogens is 210 g/mol. The average molecular weight is 229 g/mol. The summed E-state index contributed by atoms with van der Waals surface area (Å²) < 4.78 is 0. The molecule has 1 aliphatic heterocycles. The largest absolute Gasteiger partial charge is 0.399 e. The summed E-state index contributed by atoms with van der Waals surface area (Å²) in [4.78, 5) is 2.39. The van der Waals surface area contributed by atoms with E-state index in [0.717, 1.165) is 25.3 Å². The molecule has 2 N–H and O–H groups in total. The van der Waals surface area contributed by atoms with Crippen molar-refractivity contribution >= 4 is 5.69 Å². The fourth-order valence-corrected chi connectivity index (χ4v) is 2.47. The van der Waals surface area contributed by atoms with Gasteiger partial charge in [0.2, 0.25) is 0 Å². The number of benzene rings is 1. The van der Waals surface area contributed by atoms with E-state index in [0.29, 0.717) is 12.3 Å². The van der Waals surface area contributed by atoms with Crippen LogP contribution in [0.1, 0.15) is 30.7 Å². The molecule has 1 fully saturated rings. The van der Waals surface area contributed by atoms with Crippen LogP contribution >= 0.6 is 0 Å². The highest BCUT2D eigenvalue weighted by Crippen LogP contribution is 2.28. The third-order valence-corrected chi connectivity index (χ3v) is 3.54. The quantitative estimate of drug-likeness (QED) is 0.809. The third-order valence-electron chi connectivity index (χ3n) is 3.54. The van der Waals surface area contributed by atoms with Gasteiger partial charge in [-0.05, 0) is 49.5 Å². The standard InChI is InChI=1S/C14H19N3/c15-8-1-9-17-10-6-13(7-11-17)12-2-4-14(16)5-3-12/h2-5,13H,1,6-7,9-11,16H2. The summed E-state index contributed by atoms with van der Waals surface area (Å²) in [6.07, 6.45) is 3.03. The van der Waals surface area contributed by atoms with Gasteiger partial charge in [-0.1, -0.05) is 12.1 Å². The Morgan fingerprint density at radius 2 is 1.88 bits per heavy atom. The summed E-state index contributed by atoms with van der Waals surface area (Å²) in [6, 6.07) is 10.5. The zero-order valence-electron chi connectivity index (χ0n) is 10.1. The van der Waals surface area contributed by atoms with Crippen molar-refractivity contribution in [3.63, 3.8) is 0 Å². The molecule has 0 unspecified atom stereocenters. The predicted octanol–water partition coefficient (Wildman–Crippen LogP) is 2.36. The van der Waals surface area contributed by atoms with E-state index in [1.165, 1.54) is 18.4 Å². The first-order valence-corrected chi connectivity index (χ1v) is 6.24. The summed E-state index contributed by atoms with van der Waals surface area (Å²) in [7, 11) is 0. The van der Waals surface area contributed by atoms with Gasteiger partial charge >= 0.3 is 0 Å². The van der Waals surface area contributed by atoms with E-state index in [2.05, 4.69) is 23.1 Å². The van der Waals surface area contributed by atoms with E-state index in [4.69, 9.17) is 11.0 Å². The van der Waals surface area contributed by atoms with Gasteiger partial charge in [0.25, 0.3) is 0 Å². The van der Waals surface area contributed by atoms with Crippen LogP contribution in [0.15, 0.2) is 24.3 Å². The molecule has 3 heteroatoms. The molecule has 0 radical (unpaired) electrons. The van der Waals surface area contributed by atoms with E-state index >= 15 is 0 Å². The number of hydrogen-bond donors (Lipinski definition) is 1. The van der Waals surface area contributed by atoms with Crippen molar-refractivity contribution in [1.82, 2.24) is 4.90 Å². The van der Waals surface area contributed by atoms with Crippen LogP contribution in [-0.2, 0) is 0 Å². The van der Waals surface area contributed by atoms with Gasteiger partial charge in [-0.15, -0.1) is 0 Å². The molecule has 0 amide bonds. The summed E-state index contributed by atoms with van der Waals surface area (Å²) in [6.45, 7) is 3.14. The fraction of sp³-hybridized carbons (Fsp3) is 0.500. The van der Waals surface area contributed by atoms with Gasteiger partial charge in [-0.3, -0.25) is 0 Å². The maximum atomic E-state index is 8.56. The van der Waals surface area contributed by atoms with Crippen molar-refractivity contribution in [2.24, 2.45) is 0 Å². The van der Waals surface area contributed by atoms with Crippen molar-refractivity contribution < 1.29 is 0 Å². The number of nitrogens with two attached hydrogens (primary N) is 1. The molecule has 0 saturated carbocycles. The zero-order valence-corrected chi connectivity index (χ0v) is 10.1. The van der Waals surface area contributed by atoms with E-state index in [-0.39, 0.29) is 0 Å². The van der Waals surface area contributed by atoms with E-state index in [9.17, 15) is 0 Å². The zero-order chi connectivity index (χ0) is 12.1. The van der Waals surface area contributed by atoms with Gasteiger partial charge in [-0.25, -0.2) is 0 Å². The van der Waals surface area contributed by atoms with Gasteiger partial charge < -0.3 is 10.6 Å². The molecule has 17 heavy (non-hydrogen) atoms. The molecule has 0 spiro atoms. The first kappa shape index (κ1) is 11.9. The lowest BCUT2D eigenvalue weighted by molar-refractivity contribution is 0.216. The normalized spacial score (nSPS) is 17.8. The van der Waals surface area contributed by atoms with E-state index in [1.807, 2.05) is 12.1 Å². The minimum absolute atomic E-state index is 0.645. The molecule has 1 saturated heterocycles. The first-order chi connectivity index (χ1) is 8.29. The van der Waals surface area contributed by atoms with E-state index < -0.39 is 0 Å². The van der Waals surface area contributed by atoms with Gasteiger partial charge in [0.1, 0.15) is 0 Å². The molecule has 1 aromatic carbocycles. The molecule has 1 aromatic rings. The van der Waals surface area contributed by atoms with Crippen LogP contribution in [0.3, 0.4) is 0 Å². The topological polar surface area (TPSA) is 53.0 Å². The lowest BCUT2D eigenvalue weighted by Gasteiger charge is -2.31. The highest BCUT2D eigenvalue weighted by molar-refractivity contribution is 5.40. The summed E-state index contributed by atoms with van der Waals surface area (Å²) in [5, 5.41) is 8.56. The van der Waals surface area contributed by atoms with E-state index in [1.54, 1.807) is 0 Å². The second kappa shape index (κ2) is 5.70. The van der Waals surface area contributed by atoms with Crippen LogP contribution in [0.25, 0.3) is 0 Å². The molecule has 0 atom stereocenters. The lowest BCUT2D eigenvalue weighted by Crippen LogP contribution is -2.33. The monoisotopic (exact) mass is 229 g/mol. The molecule has 0 bridgehead atoms. The van der Waals surface area contributed by atoms with Crippen LogP contribution in [0.2, 0.25) is 0 Å². The van der Waals surface area contributed by atoms with Gasteiger partial charge in [0, 0.05) is 18.7 Å². The van der Waals surface area contributed by atoms with Crippen LogP contribution < -0.4 is 5.73 Å². The molecule has 2 rings (SSSR count). The van der Waals surface area contributed by atoms with Crippen molar-refractivity contribution in [2.45, 2.75) is 25.2 Å². The predicted molar refractivity (Wildman–Crippen MR) is 69.5 cm³/mol.